The maximum atomic E-state index is 15.7. The molecular formula is C68H72N4O8S4. The van der Waals surface area contributed by atoms with Gasteiger partial charge >= 0.3 is 0 Å². The number of amides is 8. The fourth-order valence-corrected chi connectivity index (χ4v) is 16.4. The predicted octanol–water partition coefficient (Wildman–Crippen LogP) is 15.6. The highest BCUT2D eigenvalue weighted by atomic mass is 32.2. The van der Waals surface area contributed by atoms with Crippen LogP contribution in [0.1, 0.15) is 241 Å². The summed E-state index contributed by atoms with van der Waals surface area (Å²) in [5.74, 6) is -4.62. The summed E-state index contributed by atoms with van der Waals surface area (Å²) in [6, 6.07) is 18.4. The first kappa shape index (κ1) is 59.5. The Morgan fingerprint density at radius 2 is 0.464 bits per heavy atom. The molecule has 24 rings (SSSR count). The minimum Gasteiger partial charge on any atom is -0.270 e. The Bertz CT molecular complexity index is 3560. The zero-order chi connectivity index (χ0) is 61.4. The van der Waals surface area contributed by atoms with Crippen LogP contribution in [0.4, 0.5) is 0 Å². The van der Waals surface area contributed by atoms with Crippen molar-refractivity contribution in [2.75, 3.05) is 0 Å². The fraction of sp³-hybridized carbons (Fsp3) is 0.412. The van der Waals surface area contributed by atoms with Gasteiger partial charge in [-0.2, -0.15) is 0 Å². The van der Waals surface area contributed by atoms with Gasteiger partial charge in [-0.1, -0.05) is 161 Å². The standard InChI is InChI=1S/C68H72N4O8S4/c1-63(2,3)37-21-33-19-34(22-37)30-70-56(74)40-26-46(84-68(16,17)18)54-50-42(28-44(82-66(10,11)12)52(48(40)50)60(70)78)58(76)72(62(54)80)32-36-20-35(23-38(24-36)64(4,5)6)31-71-57(75)41-27-43(81-65(7,8)9)51-47-39(55(73)69(29-33)59(51)77)25-45(83-67(13,14)15)53(49(41)47)61(71)79/h19-28H,29-32H2,1-18H3. The van der Waals surface area contributed by atoms with E-state index in [0.29, 0.717) is 41.8 Å². The van der Waals surface area contributed by atoms with Gasteiger partial charge in [0.25, 0.3) is 47.3 Å². The van der Waals surface area contributed by atoms with Crippen LogP contribution in [0.2, 0.25) is 0 Å². The zero-order valence-corrected chi connectivity index (χ0v) is 54.6. The summed E-state index contributed by atoms with van der Waals surface area (Å²) < 4.78 is -1.95. The van der Waals surface area contributed by atoms with Crippen LogP contribution in [-0.2, 0) is 37.0 Å². The summed E-state index contributed by atoms with van der Waals surface area (Å²) in [7, 11) is 0. The van der Waals surface area contributed by atoms with Crippen molar-refractivity contribution in [1.82, 2.24) is 19.6 Å². The number of rotatable bonds is 4. The molecule has 436 valence electrons. The Balaban J connectivity index is 1.22. The van der Waals surface area contributed by atoms with Crippen molar-refractivity contribution >= 4 is 116 Å². The third-order valence-corrected chi connectivity index (χ3v) is 19.9. The first-order valence-corrected chi connectivity index (χ1v) is 31.8. The Morgan fingerprint density at radius 1 is 0.274 bits per heavy atom. The van der Waals surface area contributed by atoms with Crippen molar-refractivity contribution in [3.63, 3.8) is 0 Å². The molecule has 0 saturated heterocycles. The first-order valence-electron chi connectivity index (χ1n) is 28.5. The molecule has 6 aromatic rings. The molecular weight excluding hydrogens is 1130 g/mol. The molecule has 0 aliphatic carbocycles. The molecule has 18 heterocycles. The van der Waals surface area contributed by atoms with Gasteiger partial charge in [0.2, 0.25) is 0 Å². The van der Waals surface area contributed by atoms with Gasteiger partial charge in [-0.05, 0) is 68.5 Å². The largest absolute Gasteiger partial charge is 0.270 e. The SMILES string of the molecule is CC(C)(C)Sc1cc2c3c4c(SC(C)(C)C)cc5c3c1C(=O)N(Cc1cc(cc(C(C)(C)C)c1)CN1C(=O)c3cc(SC(C)(C)C)c6c7c(cc(SC(C)(C)C)c(c37)C1=O)C(=O)N(Cc1cc(cc(C(C)(C)C)c1)CN(C2=O)C4=O)C6=O)C5=O. The van der Waals surface area contributed by atoms with E-state index in [2.05, 4.69) is 0 Å². The maximum Gasteiger partial charge on any atom is 0.262 e. The van der Waals surface area contributed by atoms with Crippen molar-refractivity contribution < 1.29 is 38.4 Å². The van der Waals surface area contributed by atoms with E-state index in [9.17, 15) is 0 Å². The van der Waals surface area contributed by atoms with Crippen LogP contribution in [0.15, 0.2) is 80.2 Å². The Morgan fingerprint density at radius 3 is 0.631 bits per heavy atom. The third kappa shape index (κ3) is 10.4. The second-order valence-corrected chi connectivity index (χ2v) is 36.4. The molecule has 18 aliphatic rings. The van der Waals surface area contributed by atoms with E-state index in [1.54, 1.807) is 24.3 Å². The molecule has 0 spiro atoms. The average molecular weight is 1200 g/mol. The lowest BCUT2D eigenvalue weighted by Gasteiger charge is -2.36. The normalized spacial score (nSPS) is 16.8. The maximum absolute atomic E-state index is 15.7. The zero-order valence-electron chi connectivity index (χ0n) is 51.3. The van der Waals surface area contributed by atoms with E-state index < -0.39 is 77.1 Å². The molecule has 12 nitrogen and oxygen atoms in total. The number of nitrogens with zero attached hydrogens (tertiary/aromatic N) is 4. The molecule has 0 saturated carbocycles. The summed E-state index contributed by atoms with van der Waals surface area (Å²) in [5.41, 5.74) is 4.71. The topological polar surface area (TPSA) is 150 Å². The molecule has 0 radical (unpaired) electrons. The smallest absolute Gasteiger partial charge is 0.262 e. The Labute approximate surface area is 509 Å². The van der Waals surface area contributed by atoms with Gasteiger partial charge in [-0.15, -0.1) is 47.0 Å². The van der Waals surface area contributed by atoms with Gasteiger partial charge in [-0.25, -0.2) is 0 Å². The minimum absolute atomic E-state index is 0.184. The molecule has 0 fully saturated rings. The molecule has 0 N–H and O–H groups in total. The average Bonchev–Trinajstić information content (AvgIpc) is 0.901. The number of benzene rings is 6. The molecule has 16 heteroatoms. The van der Waals surface area contributed by atoms with Gasteiger partial charge in [0, 0.05) is 82.4 Å². The van der Waals surface area contributed by atoms with Gasteiger partial charge < -0.3 is 0 Å². The van der Waals surface area contributed by atoms with Crippen molar-refractivity contribution in [1.29, 1.82) is 0 Å². The van der Waals surface area contributed by atoms with E-state index in [1.807, 2.05) is 161 Å². The van der Waals surface area contributed by atoms with Gasteiger partial charge in [0.1, 0.15) is 0 Å². The highest BCUT2D eigenvalue weighted by molar-refractivity contribution is 8.01. The summed E-state index contributed by atoms with van der Waals surface area (Å²) in [6.07, 6.45) is 0. The number of imide groups is 4. The van der Waals surface area contributed by atoms with Crippen LogP contribution < -0.4 is 0 Å². The van der Waals surface area contributed by atoms with Gasteiger partial charge in [0.15, 0.2) is 0 Å². The summed E-state index contributed by atoms with van der Waals surface area (Å²) >= 11 is 5.61. The molecule has 84 heavy (non-hydrogen) atoms. The monoisotopic (exact) mass is 1200 g/mol. The molecule has 0 aromatic heterocycles. The van der Waals surface area contributed by atoms with E-state index in [-0.39, 0.29) is 92.2 Å². The van der Waals surface area contributed by atoms with Crippen molar-refractivity contribution in [3.05, 3.63) is 139 Å². The van der Waals surface area contributed by atoms with Gasteiger partial charge in [-0.3, -0.25) is 58.0 Å². The summed E-state index contributed by atoms with van der Waals surface area (Å²) in [6.45, 7) is 35.6. The van der Waals surface area contributed by atoms with Crippen molar-refractivity contribution in [3.8, 4) is 0 Å². The molecule has 18 aliphatic heterocycles. The van der Waals surface area contributed by atoms with Crippen LogP contribution in [-0.4, -0.2) is 85.8 Å². The van der Waals surface area contributed by atoms with Crippen LogP contribution in [0.3, 0.4) is 0 Å². The number of hydrogen-bond donors (Lipinski definition) is 0. The number of hydrogen-bond acceptors (Lipinski definition) is 12. The first-order chi connectivity index (χ1) is 38.7. The predicted molar refractivity (Wildman–Crippen MR) is 337 cm³/mol. The minimum atomic E-state index is -0.582. The number of carbonyl (C=O) groups excluding carboxylic acids is 8. The molecule has 0 unspecified atom stereocenters. The highest BCUT2D eigenvalue weighted by Crippen LogP contribution is 2.52. The lowest BCUT2D eigenvalue weighted by Crippen LogP contribution is -2.44. The number of carbonyl (C=O) groups is 8. The van der Waals surface area contributed by atoms with Crippen LogP contribution in [0, 0.1) is 0 Å². The lowest BCUT2D eigenvalue weighted by atomic mass is 9.83. The second-order valence-electron chi connectivity index (χ2n) is 28.9. The van der Waals surface area contributed by atoms with Crippen molar-refractivity contribution in [2.24, 2.45) is 0 Å². The van der Waals surface area contributed by atoms with E-state index in [1.165, 1.54) is 66.6 Å². The molecule has 0 atom stereocenters. The lowest BCUT2D eigenvalue weighted by molar-refractivity contribution is 0.0570. The van der Waals surface area contributed by atoms with E-state index in [0.717, 1.165) is 11.1 Å². The fourth-order valence-electron chi connectivity index (χ4n) is 11.9. The van der Waals surface area contributed by atoms with Crippen LogP contribution in [0.5, 0.6) is 0 Å². The van der Waals surface area contributed by atoms with Crippen LogP contribution >= 0.6 is 47.0 Å². The number of thioether (sulfide) groups is 4. The third-order valence-electron chi connectivity index (χ3n) is 15.3. The highest BCUT2D eigenvalue weighted by Gasteiger charge is 2.47. The Hall–Kier alpha value is -6.20. The quantitative estimate of drug-likeness (QED) is 0.122. The van der Waals surface area contributed by atoms with Crippen molar-refractivity contribution in [2.45, 2.75) is 200 Å². The summed E-state index contributed by atoms with van der Waals surface area (Å²) in [5, 5.41) is 1.07. The molecule has 6 aromatic carbocycles. The Kier molecular flexibility index (Phi) is 13.9. The summed E-state index contributed by atoms with van der Waals surface area (Å²) in [4.78, 5) is 132. The van der Waals surface area contributed by atoms with E-state index in [4.69, 9.17) is 0 Å². The molecule has 20 bridgehead atoms. The van der Waals surface area contributed by atoms with E-state index >= 15 is 38.4 Å². The second kappa shape index (κ2) is 19.7. The molecule has 8 amide bonds. The van der Waals surface area contributed by atoms with Gasteiger partial charge in [0.05, 0.1) is 48.4 Å². The van der Waals surface area contributed by atoms with Crippen LogP contribution in [0.25, 0.3) is 21.5 Å².